The monoisotopic (exact) mass is 271 g/mol. The Labute approximate surface area is 114 Å². The van der Waals surface area contributed by atoms with Crippen molar-refractivity contribution >= 4 is 11.7 Å². The first kappa shape index (κ1) is 15.8. The molecule has 0 aromatic rings. The second kappa shape index (κ2) is 7.33. The first-order valence-electron chi connectivity index (χ1n) is 6.82. The van der Waals surface area contributed by atoms with E-state index >= 15 is 0 Å². The second-order valence-electron chi connectivity index (χ2n) is 5.58. The molecule has 6 nitrogen and oxygen atoms in total. The number of rotatable bonds is 6. The summed E-state index contributed by atoms with van der Waals surface area (Å²) in [6.45, 7) is 7.91. The van der Waals surface area contributed by atoms with Crippen molar-refractivity contribution in [3.63, 3.8) is 0 Å². The van der Waals surface area contributed by atoms with Crippen LogP contribution in [0.2, 0.25) is 0 Å². The lowest BCUT2D eigenvalue weighted by atomic mass is 10.0. The fraction of sp³-hybridized carbons (Fsp3) is 0.846. The van der Waals surface area contributed by atoms with E-state index in [1.807, 2.05) is 6.92 Å². The van der Waals surface area contributed by atoms with E-state index < -0.39 is 0 Å². The van der Waals surface area contributed by atoms with Crippen LogP contribution in [0.3, 0.4) is 0 Å². The summed E-state index contributed by atoms with van der Waals surface area (Å²) in [5.41, 5.74) is 5.46. The average Bonchev–Trinajstić information content (AvgIpc) is 2.78. The summed E-state index contributed by atoms with van der Waals surface area (Å²) in [5.74, 6) is 0.783. The number of oxime groups is 1. The molecule has 1 fully saturated rings. The molecule has 3 N–H and O–H groups in total. The summed E-state index contributed by atoms with van der Waals surface area (Å²) in [4.78, 5) is 14.2. The highest BCUT2D eigenvalue weighted by Crippen LogP contribution is 2.22. The van der Waals surface area contributed by atoms with Crippen molar-refractivity contribution < 1.29 is 14.7 Å². The smallest absolute Gasteiger partial charge is 0.251 e. The lowest BCUT2D eigenvalue weighted by Gasteiger charge is -2.28. The zero-order valence-electron chi connectivity index (χ0n) is 12.0. The normalized spacial score (nSPS) is 23.9. The van der Waals surface area contributed by atoms with Gasteiger partial charge in [-0.15, -0.1) is 0 Å². The predicted molar refractivity (Wildman–Crippen MR) is 73.0 cm³/mol. The molecule has 1 aliphatic rings. The van der Waals surface area contributed by atoms with Crippen LogP contribution in [0.5, 0.6) is 0 Å². The SMILES string of the molecule is CC(C)CN(CCC(N)=NO)C(=O)C1OCCC1C. The Balaban J connectivity index is 2.64. The molecule has 6 heteroatoms. The molecule has 0 aromatic heterocycles. The molecule has 2 unspecified atom stereocenters. The van der Waals surface area contributed by atoms with Gasteiger partial charge in [-0.3, -0.25) is 4.79 Å². The van der Waals surface area contributed by atoms with Crippen molar-refractivity contribution in [2.75, 3.05) is 19.7 Å². The maximum absolute atomic E-state index is 12.5. The van der Waals surface area contributed by atoms with Gasteiger partial charge in [0.25, 0.3) is 5.91 Å². The van der Waals surface area contributed by atoms with Crippen molar-refractivity contribution in [1.82, 2.24) is 4.90 Å². The minimum atomic E-state index is -0.342. The standard InChI is InChI=1S/C13H25N3O3/c1-9(2)8-16(6-4-11(14)15-18)13(17)12-10(3)5-7-19-12/h9-10,12,18H,4-8H2,1-3H3,(H2,14,15). The fourth-order valence-corrected chi connectivity index (χ4v) is 2.22. The molecule has 0 aliphatic carbocycles. The van der Waals surface area contributed by atoms with Crippen LogP contribution < -0.4 is 5.73 Å². The Bertz CT molecular complexity index is 331. The molecule has 0 spiro atoms. The van der Waals surface area contributed by atoms with Crippen LogP contribution in [0.15, 0.2) is 5.16 Å². The van der Waals surface area contributed by atoms with Crippen LogP contribution in [-0.4, -0.2) is 47.7 Å². The van der Waals surface area contributed by atoms with E-state index in [9.17, 15) is 4.79 Å². The van der Waals surface area contributed by atoms with Crippen LogP contribution in [-0.2, 0) is 9.53 Å². The minimum absolute atomic E-state index is 0.0180. The number of hydrogen-bond donors (Lipinski definition) is 2. The van der Waals surface area contributed by atoms with Crippen molar-refractivity contribution in [1.29, 1.82) is 0 Å². The molecule has 1 rings (SSSR count). The molecular formula is C13H25N3O3. The number of carbonyl (C=O) groups excluding carboxylic acids is 1. The van der Waals surface area contributed by atoms with E-state index in [0.29, 0.717) is 32.0 Å². The van der Waals surface area contributed by atoms with E-state index in [4.69, 9.17) is 15.7 Å². The topological polar surface area (TPSA) is 88.1 Å². The van der Waals surface area contributed by atoms with Gasteiger partial charge >= 0.3 is 0 Å². The van der Waals surface area contributed by atoms with Crippen molar-refractivity contribution in [3.8, 4) is 0 Å². The number of amidine groups is 1. The van der Waals surface area contributed by atoms with Gasteiger partial charge in [-0.1, -0.05) is 25.9 Å². The van der Waals surface area contributed by atoms with Gasteiger partial charge in [0.05, 0.1) is 0 Å². The Morgan fingerprint density at radius 1 is 1.58 bits per heavy atom. The van der Waals surface area contributed by atoms with Crippen molar-refractivity contribution in [2.24, 2.45) is 22.7 Å². The highest BCUT2D eigenvalue weighted by Gasteiger charge is 2.34. The molecule has 1 amide bonds. The summed E-state index contributed by atoms with van der Waals surface area (Å²) >= 11 is 0. The summed E-state index contributed by atoms with van der Waals surface area (Å²) in [7, 11) is 0. The summed E-state index contributed by atoms with van der Waals surface area (Å²) in [6.07, 6.45) is 0.952. The third-order valence-corrected chi connectivity index (χ3v) is 3.29. The van der Waals surface area contributed by atoms with E-state index in [1.54, 1.807) is 4.90 Å². The van der Waals surface area contributed by atoms with E-state index in [-0.39, 0.29) is 23.8 Å². The van der Waals surface area contributed by atoms with Crippen LogP contribution >= 0.6 is 0 Å². The van der Waals surface area contributed by atoms with Crippen molar-refractivity contribution in [2.45, 2.75) is 39.7 Å². The predicted octanol–water partition coefficient (Wildman–Crippen LogP) is 1.03. The zero-order valence-corrected chi connectivity index (χ0v) is 12.0. The number of hydrogen-bond acceptors (Lipinski definition) is 4. The summed E-state index contributed by atoms with van der Waals surface area (Å²) in [5, 5.41) is 11.5. The summed E-state index contributed by atoms with van der Waals surface area (Å²) < 4.78 is 5.52. The van der Waals surface area contributed by atoms with Gasteiger partial charge in [0.2, 0.25) is 0 Å². The number of amides is 1. The van der Waals surface area contributed by atoms with Gasteiger partial charge in [0, 0.05) is 26.1 Å². The molecule has 1 saturated heterocycles. The van der Waals surface area contributed by atoms with E-state index in [1.165, 1.54) is 0 Å². The zero-order chi connectivity index (χ0) is 14.4. The van der Waals surface area contributed by atoms with Crippen LogP contribution in [0.1, 0.15) is 33.6 Å². The minimum Gasteiger partial charge on any atom is -0.409 e. The van der Waals surface area contributed by atoms with Gasteiger partial charge in [0.15, 0.2) is 0 Å². The third kappa shape index (κ3) is 4.70. The molecule has 2 atom stereocenters. The molecule has 110 valence electrons. The van der Waals surface area contributed by atoms with Crippen LogP contribution in [0.25, 0.3) is 0 Å². The fourth-order valence-electron chi connectivity index (χ4n) is 2.22. The molecule has 1 heterocycles. The molecule has 0 saturated carbocycles. The second-order valence-corrected chi connectivity index (χ2v) is 5.58. The number of carbonyl (C=O) groups is 1. The van der Waals surface area contributed by atoms with Crippen LogP contribution in [0.4, 0.5) is 0 Å². The van der Waals surface area contributed by atoms with Gasteiger partial charge in [-0.25, -0.2) is 0 Å². The molecule has 0 radical (unpaired) electrons. The maximum atomic E-state index is 12.5. The van der Waals surface area contributed by atoms with Gasteiger partial charge in [-0.05, 0) is 18.3 Å². The molecule has 1 aliphatic heterocycles. The lowest BCUT2D eigenvalue weighted by molar-refractivity contribution is -0.142. The Morgan fingerprint density at radius 3 is 2.74 bits per heavy atom. The first-order chi connectivity index (χ1) is 8.95. The molecule has 0 aromatic carbocycles. The van der Waals surface area contributed by atoms with Gasteiger partial charge in [0.1, 0.15) is 11.9 Å². The maximum Gasteiger partial charge on any atom is 0.251 e. The molecule has 19 heavy (non-hydrogen) atoms. The van der Waals surface area contributed by atoms with Gasteiger partial charge < -0.3 is 20.6 Å². The van der Waals surface area contributed by atoms with E-state index in [0.717, 1.165) is 6.42 Å². The number of nitrogens with two attached hydrogens (primary N) is 1. The van der Waals surface area contributed by atoms with E-state index in [2.05, 4.69) is 19.0 Å². The average molecular weight is 271 g/mol. The van der Waals surface area contributed by atoms with Gasteiger partial charge in [-0.2, -0.15) is 0 Å². The lowest BCUT2D eigenvalue weighted by Crippen LogP contribution is -2.44. The molecule has 0 bridgehead atoms. The number of nitrogens with zero attached hydrogens (tertiary/aromatic N) is 2. The quantitative estimate of drug-likeness (QED) is 0.327. The molecular weight excluding hydrogens is 246 g/mol. The Morgan fingerprint density at radius 2 is 2.26 bits per heavy atom. The highest BCUT2D eigenvalue weighted by atomic mass is 16.5. The first-order valence-corrected chi connectivity index (χ1v) is 6.82. The largest absolute Gasteiger partial charge is 0.409 e. The van der Waals surface area contributed by atoms with Crippen LogP contribution in [0, 0.1) is 11.8 Å². The Hall–Kier alpha value is -1.30. The third-order valence-electron chi connectivity index (χ3n) is 3.29. The van der Waals surface area contributed by atoms with Crippen molar-refractivity contribution in [3.05, 3.63) is 0 Å². The highest BCUT2D eigenvalue weighted by molar-refractivity contribution is 5.83. The number of ether oxygens (including phenoxy) is 1. The Kier molecular flexibility index (Phi) is 6.08. The summed E-state index contributed by atoms with van der Waals surface area (Å²) in [6, 6.07) is 0.